The van der Waals surface area contributed by atoms with E-state index in [-0.39, 0.29) is 13.2 Å². The molecule has 0 radical (unpaired) electrons. The Bertz CT molecular complexity index is 435. The Hall–Kier alpha value is -2.10. The number of nitrogens with zero attached hydrogens (tertiary/aromatic N) is 1. The van der Waals surface area contributed by atoms with Crippen LogP contribution in [-0.2, 0) is 4.74 Å². The Labute approximate surface area is 88.3 Å². The van der Waals surface area contributed by atoms with Gasteiger partial charge in [-0.05, 0) is 6.07 Å². The summed E-state index contributed by atoms with van der Waals surface area (Å²) in [7, 11) is 0. The molecule has 0 spiro atoms. The van der Waals surface area contributed by atoms with Gasteiger partial charge in [0.25, 0.3) is 0 Å². The van der Waals surface area contributed by atoms with Gasteiger partial charge in [-0.1, -0.05) is 30.0 Å². The molecular weight excluding hydrogens is 190 g/mol. The lowest BCUT2D eigenvalue weighted by molar-refractivity contribution is 0.112. The van der Waals surface area contributed by atoms with Crippen molar-refractivity contribution in [1.29, 1.82) is 5.26 Å². The van der Waals surface area contributed by atoms with E-state index >= 15 is 0 Å². The van der Waals surface area contributed by atoms with Crippen LogP contribution in [0.4, 0.5) is 0 Å². The molecule has 0 fully saturated rings. The Morgan fingerprint density at radius 1 is 1.33 bits per heavy atom. The molecule has 0 aliphatic heterocycles. The third kappa shape index (κ3) is 3.64. The standard InChI is InChI=1S/C12H9NO2/c13-7-9-15-8-3-6-11-4-1-2-5-12(11)10-14/h1-2,4-5,10H,8-9H2. The number of benzene rings is 1. The van der Waals surface area contributed by atoms with E-state index in [9.17, 15) is 4.79 Å². The van der Waals surface area contributed by atoms with E-state index in [1.54, 1.807) is 18.2 Å². The topological polar surface area (TPSA) is 50.1 Å². The highest BCUT2D eigenvalue weighted by Crippen LogP contribution is 2.03. The Morgan fingerprint density at radius 3 is 2.87 bits per heavy atom. The molecule has 0 saturated carbocycles. The molecule has 0 aliphatic rings. The van der Waals surface area contributed by atoms with Crippen LogP contribution in [0.15, 0.2) is 24.3 Å². The molecule has 0 unspecified atom stereocenters. The van der Waals surface area contributed by atoms with Crippen LogP contribution in [0.5, 0.6) is 0 Å². The van der Waals surface area contributed by atoms with Gasteiger partial charge in [0.15, 0.2) is 6.29 Å². The maximum Gasteiger partial charge on any atom is 0.151 e. The SMILES string of the molecule is N#CCOCC#Cc1ccccc1C=O. The minimum absolute atomic E-state index is 0.0318. The monoisotopic (exact) mass is 199 g/mol. The number of hydrogen-bond donors (Lipinski definition) is 0. The van der Waals surface area contributed by atoms with Crippen molar-refractivity contribution in [2.24, 2.45) is 0 Å². The molecule has 0 bridgehead atoms. The lowest BCUT2D eigenvalue weighted by atomic mass is 10.1. The third-order valence-electron chi connectivity index (χ3n) is 1.65. The second-order valence-electron chi connectivity index (χ2n) is 2.66. The van der Waals surface area contributed by atoms with Crippen LogP contribution in [-0.4, -0.2) is 19.5 Å². The molecule has 0 saturated heterocycles. The van der Waals surface area contributed by atoms with E-state index < -0.39 is 0 Å². The lowest BCUT2D eigenvalue weighted by Gasteiger charge is -1.93. The molecule has 1 aromatic rings. The minimum Gasteiger partial charge on any atom is -0.354 e. The van der Waals surface area contributed by atoms with E-state index in [2.05, 4.69) is 11.8 Å². The highest BCUT2D eigenvalue weighted by molar-refractivity contribution is 5.79. The number of nitriles is 1. The fourth-order valence-corrected chi connectivity index (χ4v) is 0.993. The average Bonchev–Trinajstić information content (AvgIpc) is 2.29. The summed E-state index contributed by atoms with van der Waals surface area (Å²) in [6, 6.07) is 8.90. The largest absolute Gasteiger partial charge is 0.354 e. The van der Waals surface area contributed by atoms with Gasteiger partial charge in [0, 0.05) is 11.1 Å². The second kappa shape index (κ2) is 6.37. The van der Waals surface area contributed by atoms with Gasteiger partial charge in [-0.3, -0.25) is 4.79 Å². The van der Waals surface area contributed by atoms with Crippen LogP contribution in [0, 0.1) is 23.2 Å². The predicted molar refractivity (Wildman–Crippen MR) is 55.1 cm³/mol. The fourth-order valence-electron chi connectivity index (χ4n) is 0.993. The van der Waals surface area contributed by atoms with Gasteiger partial charge >= 0.3 is 0 Å². The highest BCUT2D eigenvalue weighted by Gasteiger charge is 1.94. The molecule has 0 heterocycles. The number of ether oxygens (including phenoxy) is 1. The Balaban J connectivity index is 2.63. The Kier molecular flexibility index (Phi) is 4.66. The zero-order valence-corrected chi connectivity index (χ0v) is 8.06. The first-order valence-electron chi connectivity index (χ1n) is 4.36. The molecule has 15 heavy (non-hydrogen) atoms. The van der Waals surface area contributed by atoms with Crippen LogP contribution in [0.2, 0.25) is 0 Å². The number of aldehydes is 1. The van der Waals surface area contributed by atoms with Crippen LogP contribution < -0.4 is 0 Å². The molecule has 3 nitrogen and oxygen atoms in total. The summed E-state index contributed by atoms with van der Waals surface area (Å²) < 4.78 is 4.85. The van der Waals surface area contributed by atoms with Crippen molar-refractivity contribution in [3.8, 4) is 17.9 Å². The van der Waals surface area contributed by atoms with E-state index in [1.165, 1.54) is 0 Å². The number of carbonyl (C=O) groups is 1. The minimum atomic E-state index is 0.0318. The maximum absolute atomic E-state index is 10.6. The average molecular weight is 199 g/mol. The molecule has 74 valence electrons. The lowest BCUT2D eigenvalue weighted by Crippen LogP contribution is -1.91. The number of rotatable bonds is 3. The van der Waals surface area contributed by atoms with Crippen LogP contribution in [0.3, 0.4) is 0 Å². The predicted octanol–water partition coefficient (Wildman–Crippen LogP) is 1.39. The summed E-state index contributed by atoms with van der Waals surface area (Å²) >= 11 is 0. The molecule has 0 atom stereocenters. The fraction of sp³-hybridized carbons (Fsp3) is 0.167. The summed E-state index contributed by atoms with van der Waals surface area (Å²) in [6.07, 6.45) is 0.764. The molecule has 3 heteroatoms. The van der Waals surface area contributed by atoms with E-state index in [0.29, 0.717) is 11.1 Å². The number of hydrogen-bond acceptors (Lipinski definition) is 3. The molecule has 0 aliphatic carbocycles. The quantitative estimate of drug-likeness (QED) is 0.420. The third-order valence-corrected chi connectivity index (χ3v) is 1.65. The highest BCUT2D eigenvalue weighted by atomic mass is 16.5. The summed E-state index contributed by atoms with van der Waals surface area (Å²) in [4.78, 5) is 10.6. The maximum atomic E-state index is 10.6. The first-order valence-corrected chi connectivity index (χ1v) is 4.36. The van der Waals surface area contributed by atoms with Gasteiger partial charge in [0.1, 0.15) is 13.2 Å². The van der Waals surface area contributed by atoms with Crippen molar-refractivity contribution in [2.75, 3.05) is 13.2 Å². The van der Waals surface area contributed by atoms with Gasteiger partial charge < -0.3 is 4.74 Å². The van der Waals surface area contributed by atoms with Crippen LogP contribution >= 0.6 is 0 Å². The van der Waals surface area contributed by atoms with Crippen LogP contribution in [0.25, 0.3) is 0 Å². The molecule has 0 amide bonds. The zero-order chi connectivity index (χ0) is 10.9. The van der Waals surface area contributed by atoms with Crippen molar-refractivity contribution in [2.45, 2.75) is 0 Å². The summed E-state index contributed by atoms with van der Waals surface area (Å²) in [5.41, 5.74) is 1.23. The first-order chi connectivity index (χ1) is 7.38. The van der Waals surface area contributed by atoms with Gasteiger partial charge in [-0.25, -0.2) is 0 Å². The normalized spacial score (nSPS) is 8.47. The van der Waals surface area contributed by atoms with Crippen molar-refractivity contribution in [3.63, 3.8) is 0 Å². The first kappa shape index (κ1) is 11.0. The molecule has 0 N–H and O–H groups in total. The molecule has 0 aromatic heterocycles. The van der Waals surface area contributed by atoms with Crippen molar-refractivity contribution in [3.05, 3.63) is 35.4 Å². The summed E-state index contributed by atoms with van der Waals surface area (Å²) in [6.45, 7) is 0.227. The van der Waals surface area contributed by atoms with E-state index in [4.69, 9.17) is 10.00 Å². The van der Waals surface area contributed by atoms with Crippen molar-refractivity contribution < 1.29 is 9.53 Å². The van der Waals surface area contributed by atoms with Gasteiger partial charge in [-0.15, -0.1) is 0 Å². The van der Waals surface area contributed by atoms with Crippen molar-refractivity contribution >= 4 is 6.29 Å². The van der Waals surface area contributed by atoms with Crippen molar-refractivity contribution in [1.82, 2.24) is 0 Å². The van der Waals surface area contributed by atoms with Gasteiger partial charge in [-0.2, -0.15) is 5.26 Å². The molecule has 1 rings (SSSR count). The zero-order valence-electron chi connectivity index (χ0n) is 8.06. The molecule has 1 aromatic carbocycles. The van der Waals surface area contributed by atoms with E-state index in [1.807, 2.05) is 12.1 Å². The second-order valence-corrected chi connectivity index (χ2v) is 2.66. The number of carbonyl (C=O) groups excluding carboxylic acids is 1. The van der Waals surface area contributed by atoms with Gasteiger partial charge in [0.2, 0.25) is 0 Å². The Morgan fingerprint density at radius 2 is 2.13 bits per heavy atom. The van der Waals surface area contributed by atoms with Crippen LogP contribution in [0.1, 0.15) is 15.9 Å². The van der Waals surface area contributed by atoms with E-state index in [0.717, 1.165) is 6.29 Å². The summed E-state index contributed by atoms with van der Waals surface area (Å²) in [5.74, 6) is 5.54. The smallest absolute Gasteiger partial charge is 0.151 e. The summed E-state index contributed by atoms with van der Waals surface area (Å²) in [5, 5.41) is 8.20. The van der Waals surface area contributed by atoms with Gasteiger partial charge in [0.05, 0.1) is 6.07 Å². The molecular formula is C12H9NO2.